The van der Waals surface area contributed by atoms with Crippen LogP contribution in [0.25, 0.3) is 16.9 Å². The lowest BCUT2D eigenvalue weighted by Crippen LogP contribution is -2.14. The van der Waals surface area contributed by atoms with E-state index in [1.165, 1.54) is 10.6 Å². The number of thioether (sulfide) groups is 1. The van der Waals surface area contributed by atoms with Crippen molar-refractivity contribution in [2.75, 3.05) is 18.2 Å². The molecule has 1 amide bonds. The van der Waals surface area contributed by atoms with Gasteiger partial charge in [-0.2, -0.15) is 9.61 Å². The summed E-state index contributed by atoms with van der Waals surface area (Å²) in [5.41, 5.74) is 2.16. The first-order chi connectivity index (χ1) is 14.5. The van der Waals surface area contributed by atoms with Crippen molar-refractivity contribution in [2.24, 2.45) is 0 Å². The molecule has 0 bridgehead atoms. The van der Waals surface area contributed by atoms with Crippen molar-refractivity contribution >= 4 is 29.0 Å². The number of fused-ring (bicyclic) bond motifs is 1. The molecule has 10 heteroatoms. The minimum atomic E-state index is -1.03. The topological polar surface area (TPSA) is 81.4 Å². The fourth-order valence-electron chi connectivity index (χ4n) is 2.76. The lowest BCUT2D eigenvalue weighted by Gasteiger charge is -2.08. The number of hydrogen-bond donors (Lipinski definition) is 1. The van der Waals surface area contributed by atoms with Crippen LogP contribution in [0.4, 0.5) is 14.5 Å². The lowest BCUT2D eigenvalue weighted by atomic mass is 10.1. The second-order valence-corrected chi connectivity index (χ2v) is 7.08. The predicted octanol–water partition coefficient (Wildman–Crippen LogP) is 3.81. The standard InChI is InChI=1S/C20H15F2N5O2S/c1-29-17-5-3-2-4-13(17)16-8-9-18-24-25-20(27(18)26-16)30-11-19(28)23-12-6-7-14(21)15(22)10-12/h2-10H,11H2,1H3,(H,23,28). The summed E-state index contributed by atoms with van der Waals surface area (Å²) in [6.07, 6.45) is 0. The maximum atomic E-state index is 13.3. The molecule has 152 valence electrons. The molecule has 0 saturated heterocycles. The van der Waals surface area contributed by atoms with E-state index >= 15 is 0 Å². The minimum absolute atomic E-state index is 0.0135. The molecule has 0 aliphatic heterocycles. The Morgan fingerprint density at radius 2 is 1.93 bits per heavy atom. The Balaban J connectivity index is 1.51. The number of halogens is 2. The van der Waals surface area contributed by atoms with E-state index in [0.717, 1.165) is 29.5 Å². The molecule has 2 aromatic heterocycles. The third-order valence-electron chi connectivity index (χ3n) is 4.15. The Bertz CT molecular complexity index is 1230. The van der Waals surface area contributed by atoms with Crippen LogP contribution in [0.2, 0.25) is 0 Å². The van der Waals surface area contributed by atoms with Crippen LogP contribution in [-0.2, 0) is 4.79 Å². The number of aromatic nitrogens is 4. The summed E-state index contributed by atoms with van der Waals surface area (Å²) in [6.45, 7) is 0. The number of anilines is 1. The van der Waals surface area contributed by atoms with E-state index in [1.54, 1.807) is 13.2 Å². The van der Waals surface area contributed by atoms with Gasteiger partial charge in [0.1, 0.15) is 5.75 Å². The number of rotatable bonds is 6. The number of carbonyl (C=O) groups is 1. The van der Waals surface area contributed by atoms with Gasteiger partial charge in [0.2, 0.25) is 11.1 Å². The van der Waals surface area contributed by atoms with Gasteiger partial charge >= 0.3 is 0 Å². The molecule has 1 N–H and O–H groups in total. The zero-order valence-electron chi connectivity index (χ0n) is 15.7. The van der Waals surface area contributed by atoms with Gasteiger partial charge in [-0.1, -0.05) is 23.9 Å². The maximum absolute atomic E-state index is 13.3. The molecule has 7 nitrogen and oxygen atoms in total. The zero-order chi connectivity index (χ0) is 21.1. The van der Waals surface area contributed by atoms with Gasteiger partial charge in [0.05, 0.1) is 18.6 Å². The summed E-state index contributed by atoms with van der Waals surface area (Å²) >= 11 is 1.12. The molecule has 0 radical (unpaired) electrons. The van der Waals surface area contributed by atoms with E-state index in [-0.39, 0.29) is 11.4 Å². The number of hydrogen-bond acceptors (Lipinski definition) is 6. The second-order valence-electron chi connectivity index (χ2n) is 6.14. The largest absolute Gasteiger partial charge is 0.496 e. The first-order valence-corrected chi connectivity index (χ1v) is 9.77. The number of methoxy groups -OCH3 is 1. The molecule has 2 heterocycles. The lowest BCUT2D eigenvalue weighted by molar-refractivity contribution is -0.113. The Morgan fingerprint density at radius 1 is 1.10 bits per heavy atom. The molecule has 0 fully saturated rings. The maximum Gasteiger partial charge on any atom is 0.234 e. The summed E-state index contributed by atoms with van der Waals surface area (Å²) in [7, 11) is 1.59. The first kappa shape index (κ1) is 19.8. The summed E-state index contributed by atoms with van der Waals surface area (Å²) < 4.78 is 33.2. The monoisotopic (exact) mass is 427 g/mol. The summed E-state index contributed by atoms with van der Waals surface area (Å²) in [5.74, 6) is -1.74. The molecule has 4 aromatic rings. The van der Waals surface area contributed by atoms with Crippen molar-refractivity contribution in [1.29, 1.82) is 0 Å². The number of nitrogens with zero attached hydrogens (tertiary/aromatic N) is 4. The molecule has 0 unspecified atom stereocenters. The van der Waals surface area contributed by atoms with Crippen LogP contribution in [0.5, 0.6) is 5.75 Å². The van der Waals surface area contributed by atoms with Gasteiger partial charge in [-0.25, -0.2) is 8.78 Å². The van der Waals surface area contributed by atoms with Crippen molar-refractivity contribution in [2.45, 2.75) is 5.16 Å². The molecule has 4 rings (SSSR count). The first-order valence-electron chi connectivity index (χ1n) is 8.78. The van der Waals surface area contributed by atoms with Crippen molar-refractivity contribution in [1.82, 2.24) is 19.8 Å². The number of amides is 1. The highest BCUT2D eigenvalue weighted by atomic mass is 32.2. The third-order valence-corrected chi connectivity index (χ3v) is 5.07. The number of ether oxygens (including phenoxy) is 1. The Morgan fingerprint density at radius 3 is 2.73 bits per heavy atom. The highest BCUT2D eigenvalue weighted by Crippen LogP contribution is 2.28. The molecule has 0 aliphatic rings. The van der Waals surface area contributed by atoms with Gasteiger partial charge < -0.3 is 10.1 Å². The molecule has 2 aromatic carbocycles. The molecule has 0 spiro atoms. The van der Waals surface area contributed by atoms with Crippen LogP contribution < -0.4 is 10.1 Å². The predicted molar refractivity (Wildman–Crippen MR) is 108 cm³/mol. The smallest absolute Gasteiger partial charge is 0.234 e. The van der Waals surface area contributed by atoms with E-state index in [1.807, 2.05) is 30.3 Å². The molecule has 30 heavy (non-hydrogen) atoms. The highest BCUT2D eigenvalue weighted by molar-refractivity contribution is 7.99. The number of benzene rings is 2. The van der Waals surface area contributed by atoms with E-state index in [0.29, 0.717) is 22.2 Å². The van der Waals surface area contributed by atoms with Gasteiger partial charge in [0.15, 0.2) is 17.3 Å². The second kappa shape index (κ2) is 8.46. The van der Waals surface area contributed by atoms with Crippen molar-refractivity contribution in [3.8, 4) is 17.0 Å². The van der Waals surface area contributed by atoms with Gasteiger partial charge in [-0.15, -0.1) is 10.2 Å². The minimum Gasteiger partial charge on any atom is -0.496 e. The van der Waals surface area contributed by atoms with Crippen molar-refractivity contribution < 1.29 is 18.3 Å². The molecule has 0 atom stereocenters. The van der Waals surface area contributed by atoms with E-state index in [4.69, 9.17) is 4.74 Å². The normalized spacial score (nSPS) is 10.9. The highest BCUT2D eigenvalue weighted by Gasteiger charge is 2.14. The van der Waals surface area contributed by atoms with Crippen LogP contribution in [0.1, 0.15) is 0 Å². The third kappa shape index (κ3) is 4.08. The van der Waals surface area contributed by atoms with Crippen molar-refractivity contribution in [3.63, 3.8) is 0 Å². The average Bonchev–Trinajstić information content (AvgIpc) is 3.17. The number of carbonyl (C=O) groups excluding carboxylic acids is 1. The molecular weight excluding hydrogens is 412 g/mol. The summed E-state index contributed by atoms with van der Waals surface area (Å²) in [4.78, 5) is 12.2. The van der Waals surface area contributed by atoms with Crippen LogP contribution in [-0.4, -0.2) is 38.6 Å². The Labute approximate surface area is 174 Å². The van der Waals surface area contributed by atoms with Crippen LogP contribution >= 0.6 is 11.8 Å². The van der Waals surface area contributed by atoms with Crippen molar-refractivity contribution in [3.05, 3.63) is 66.2 Å². The quantitative estimate of drug-likeness (QED) is 0.472. The van der Waals surface area contributed by atoms with Gasteiger partial charge in [-0.05, 0) is 36.4 Å². The fraction of sp³-hybridized carbons (Fsp3) is 0.100. The van der Waals surface area contributed by atoms with Crippen LogP contribution in [0, 0.1) is 11.6 Å². The summed E-state index contributed by atoms with van der Waals surface area (Å²) in [5, 5.41) is 15.6. The van der Waals surface area contributed by atoms with E-state index in [2.05, 4.69) is 20.6 Å². The van der Waals surface area contributed by atoms with Gasteiger partial charge in [0, 0.05) is 17.3 Å². The average molecular weight is 427 g/mol. The van der Waals surface area contributed by atoms with Crippen LogP contribution in [0.3, 0.4) is 0 Å². The number of para-hydroxylation sites is 1. The van der Waals surface area contributed by atoms with Gasteiger partial charge in [-0.3, -0.25) is 4.79 Å². The molecule has 0 saturated carbocycles. The Kier molecular flexibility index (Phi) is 5.57. The van der Waals surface area contributed by atoms with E-state index < -0.39 is 17.5 Å². The summed E-state index contributed by atoms with van der Waals surface area (Å²) in [6, 6.07) is 14.2. The fourth-order valence-corrected chi connectivity index (χ4v) is 3.45. The molecule has 0 aliphatic carbocycles. The van der Waals surface area contributed by atoms with Crippen LogP contribution in [0.15, 0.2) is 59.8 Å². The zero-order valence-corrected chi connectivity index (χ0v) is 16.5. The number of nitrogens with one attached hydrogen (secondary N) is 1. The molecular formula is C20H15F2N5O2S. The SMILES string of the molecule is COc1ccccc1-c1ccc2nnc(SCC(=O)Nc3ccc(F)c(F)c3)n2n1. The Hall–Kier alpha value is -3.53. The van der Waals surface area contributed by atoms with E-state index in [9.17, 15) is 13.6 Å². The van der Waals surface area contributed by atoms with Gasteiger partial charge in [0.25, 0.3) is 0 Å².